The molecular weight excluding hydrogens is 466 g/mol. The Morgan fingerprint density at radius 3 is 2.70 bits per heavy atom. The first-order valence-electron chi connectivity index (χ1n) is 13.7. The third-order valence-electron chi connectivity index (χ3n) is 8.14. The second-order valence-electron chi connectivity index (χ2n) is 11.9. The lowest BCUT2D eigenvalue weighted by molar-refractivity contribution is 0.0454. The molecule has 1 saturated carbocycles. The van der Waals surface area contributed by atoms with Crippen LogP contribution in [0.1, 0.15) is 82.6 Å². The van der Waals surface area contributed by atoms with Crippen molar-refractivity contribution in [1.82, 2.24) is 30.0 Å². The largest absolute Gasteiger partial charge is 0.444 e. The monoisotopic (exact) mass is 507 g/mol. The van der Waals surface area contributed by atoms with Crippen LogP contribution in [0, 0.1) is 19.3 Å². The fourth-order valence-electron chi connectivity index (χ4n) is 6.04. The molecule has 0 aromatic carbocycles. The number of carbonyl (C=O) groups is 1. The maximum atomic E-state index is 12.3. The van der Waals surface area contributed by atoms with Crippen LogP contribution >= 0.6 is 0 Å². The second-order valence-corrected chi connectivity index (χ2v) is 11.9. The SMILES string of the molecule is CCC1(Cn2nc(C)c3c2CCN(c2nc(C)nc4[nH]ccc24)C3)CCC(NC(=O)OC(C)(C)C)CC1. The van der Waals surface area contributed by atoms with Gasteiger partial charge in [0.25, 0.3) is 0 Å². The number of H-pyrrole nitrogens is 1. The quantitative estimate of drug-likeness (QED) is 0.492. The van der Waals surface area contributed by atoms with E-state index in [-0.39, 0.29) is 17.6 Å². The molecule has 0 spiro atoms. The van der Waals surface area contributed by atoms with Crippen molar-refractivity contribution in [3.8, 4) is 0 Å². The number of rotatable bonds is 5. The topological polar surface area (TPSA) is 101 Å². The lowest BCUT2D eigenvalue weighted by atomic mass is 9.70. The summed E-state index contributed by atoms with van der Waals surface area (Å²) in [5.74, 6) is 1.78. The second kappa shape index (κ2) is 9.65. The van der Waals surface area contributed by atoms with Gasteiger partial charge in [0.15, 0.2) is 0 Å². The molecule has 1 aliphatic heterocycles. The van der Waals surface area contributed by atoms with Crippen LogP contribution in [0.2, 0.25) is 0 Å². The maximum Gasteiger partial charge on any atom is 0.407 e. The highest BCUT2D eigenvalue weighted by Gasteiger charge is 2.37. The molecule has 3 aromatic rings. The zero-order valence-corrected chi connectivity index (χ0v) is 23.1. The van der Waals surface area contributed by atoms with Crippen molar-refractivity contribution in [2.24, 2.45) is 5.41 Å². The number of aryl methyl sites for hydroxylation is 2. The molecule has 1 aliphatic carbocycles. The molecule has 0 radical (unpaired) electrons. The number of nitrogens with one attached hydrogen (secondary N) is 2. The Balaban J connectivity index is 1.28. The van der Waals surface area contributed by atoms with E-state index >= 15 is 0 Å². The van der Waals surface area contributed by atoms with Crippen molar-refractivity contribution in [3.63, 3.8) is 0 Å². The van der Waals surface area contributed by atoms with Gasteiger partial charge in [0.1, 0.15) is 22.9 Å². The molecular formula is C28H41N7O2. The molecule has 1 fully saturated rings. The van der Waals surface area contributed by atoms with Gasteiger partial charge < -0.3 is 19.9 Å². The number of nitrogens with zero attached hydrogens (tertiary/aromatic N) is 5. The number of aromatic amines is 1. The van der Waals surface area contributed by atoms with Crippen molar-refractivity contribution < 1.29 is 9.53 Å². The van der Waals surface area contributed by atoms with Gasteiger partial charge in [-0.2, -0.15) is 5.10 Å². The summed E-state index contributed by atoms with van der Waals surface area (Å²) in [4.78, 5) is 27.2. The van der Waals surface area contributed by atoms with Gasteiger partial charge in [-0.1, -0.05) is 6.92 Å². The number of anilines is 1. The molecule has 0 atom stereocenters. The van der Waals surface area contributed by atoms with E-state index in [4.69, 9.17) is 14.8 Å². The van der Waals surface area contributed by atoms with Gasteiger partial charge in [0, 0.05) is 49.6 Å². The predicted octanol–water partition coefficient (Wildman–Crippen LogP) is 5.20. The van der Waals surface area contributed by atoms with Crippen molar-refractivity contribution in [3.05, 3.63) is 35.0 Å². The summed E-state index contributed by atoms with van der Waals surface area (Å²) >= 11 is 0. The highest BCUT2D eigenvalue weighted by molar-refractivity contribution is 5.87. The summed E-state index contributed by atoms with van der Waals surface area (Å²) in [7, 11) is 0. The molecule has 0 saturated heterocycles. The summed E-state index contributed by atoms with van der Waals surface area (Å²) in [6.07, 6.45) is 7.80. The van der Waals surface area contributed by atoms with E-state index in [0.29, 0.717) is 0 Å². The Labute approximate surface area is 219 Å². The van der Waals surface area contributed by atoms with Gasteiger partial charge in [0.05, 0.1) is 11.1 Å². The van der Waals surface area contributed by atoms with E-state index in [1.165, 1.54) is 11.3 Å². The van der Waals surface area contributed by atoms with E-state index in [2.05, 4.69) is 44.8 Å². The van der Waals surface area contributed by atoms with Gasteiger partial charge in [-0.3, -0.25) is 4.68 Å². The number of alkyl carbamates (subject to hydrolysis) is 1. The summed E-state index contributed by atoms with van der Waals surface area (Å²) in [6.45, 7) is 14.7. The van der Waals surface area contributed by atoms with Crippen LogP contribution in [-0.2, 0) is 24.2 Å². The van der Waals surface area contributed by atoms with Crippen LogP contribution in [0.3, 0.4) is 0 Å². The first kappa shape index (κ1) is 25.5. The van der Waals surface area contributed by atoms with Gasteiger partial charge in [-0.25, -0.2) is 14.8 Å². The van der Waals surface area contributed by atoms with Crippen LogP contribution in [0.15, 0.2) is 12.3 Å². The van der Waals surface area contributed by atoms with Crippen molar-refractivity contribution in [2.75, 3.05) is 11.4 Å². The molecule has 4 heterocycles. The molecule has 2 aliphatic rings. The minimum Gasteiger partial charge on any atom is -0.444 e. The average Bonchev–Trinajstić information content (AvgIpc) is 3.42. The average molecular weight is 508 g/mol. The Morgan fingerprint density at radius 2 is 2.00 bits per heavy atom. The number of amides is 1. The minimum absolute atomic E-state index is 0.179. The lowest BCUT2D eigenvalue weighted by Crippen LogP contribution is -2.44. The third-order valence-corrected chi connectivity index (χ3v) is 8.14. The molecule has 1 amide bonds. The number of hydrogen-bond donors (Lipinski definition) is 2. The molecule has 0 bridgehead atoms. The maximum absolute atomic E-state index is 12.3. The third kappa shape index (κ3) is 5.31. The Morgan fingerprint density at radius 1 is 1.24 bits per heavy atom. The van der Waals surface area contributed by atoms with Crippen molar-refractivity contribution in [2.45, 2.75) is 105 Å². The van der Waals surface area contributed by atoms with Crippen molar-refractivity contribution >= 4 is 22.9 Å². The lowest BCUT2D eigenvalue weighted by Gasteiger charge is -2.40. The molecule has 9 heteroatoms. The van der Waals surface area contributed by atoms with E-state index in [1.807, 2.05) is 33.9 Å². The highest BCUT2D eigenvalue weighted by Crippen LogP contribution is 2.42. The first-order chi connectivity index (χ1) is 17.6. The number of fused-ring (bicyclic) bond motifs is 2. The standard InChI is InChI=1S/C28H41N7O2/c1-7-28(12-8-20(9-13-28)32-26(36)37-27(4,5)6)17-35-23-11-15-34(16-22(23)18(2)33-35)25-21-10-14-29-24(21)30-19(3)31-25/h10,14,20H,7-9,11-13,15-17H2,1-6H3,(H,32,36)(H,29,30,31). The zero-order chi connectivity index (χ0) is 26.4. The van der Waals surface area contributed by atoms with E-state index in [1.54, 1.807) is 0 Å². The molecule has 9 nitrogen and oxygen atoms in total. The summed E-state index contributed by atoms with van der Waals surface area (Å²) in [5, 5.41) is 9.21. The Bertz CT molecular complexity index is 1280. The van der Waals surface area contributed by atoms with Gasteiger partial charge in [-0.05, 0) is 78.2 Å². The normalized spacial score (nSPS) is 22.2. The smallest absolute Gasteiger partial charge is 0.407 e. The minimum atomic E-state index is -0.474. The Kier molecular flexibility index (Phi) is 6.66. The van der Waals surface area contributed by atoms with E-state index in [0.717, 1.165) is 86.5 Å². The molecule has 200 valence electrons. The number of ether oxygens (including phenoxy) is 1. The van der Waals surface area contributed by atoms with Crippen LogP contribution in [-0.4, -0.2) is 49.0 Å². The van der Waals surface area contributed by atoms with Crippen LogP contribution in [0.4, 0.5) is 10.6 Å². The fraction of sp³-hybridized carbons (Fsp3) is 0.643. The Hall–Kier alpha value is -3.10. The highest BCUT2D eigenvalue weighted by atomic mass is 16.6. The number of carbonyl (C=O) groups excluding carboxylic acids is 1. The van der Waals surface area contributed by atoms with Crippen LogP contribution < -0.4 is 10.2 Å². The van der Waals surface area contributed by atoms with Crippen LogP contribution in [0.5, 0.6) is 0 Å². The summed E-state index contributed by atoms with van der Waals surface area (Å²) in [5.41, 5.74) is 4.43. The summed E-state index contributed by atoms with van der Waals surface area (Å²) < 4.78 is 7.76. The summed E-state index contributed by atoms with van der Waals surface area (Å²) in [6, 6.07) is 2.24. The molecule has 0 unspecified atom stereocenters. The van der Waals surface area contributed by atoms with Gasteiger partial charge in [-0.15, -0.1) is 0 Å². The van der Waals surface area contributed by atoms with Gasteiger partial charge >= 0.3 is 6.09 Å². The fourth-order valence-corrected chi connectivity index (χ4v) is 6.04. The van der Waals surface area contributed by atoms with E-state index in [9.17, 15) is 4.79 Å². The van der Waals surface area contributed by atoms with Crippen LogP contribution in [0.25, 0.3) is 11.0 Å². The number of aromatic nitrogens is 5. The predicted molar refractivity (Wildman–Crippen MR) is 145 cm³/mol. The number of hydrogen-bond acceptors (Lipinski definition) is 6. The zero-order valence-electron chi connectivity index (χ0n) is 23.1. The van der Waals surface area contributed by atoms with Crippen molar-refractivity contribution in [1.29, 1.82) is 0 Å². The van der Waals surface area contributed by atoms with E-state index < -0.39 is 5.60 Å². The molecule has 5 rings (SSSR count). The molecule has 2 N–H and O–H groups in total. The first-order valence-corrected chi connectivity index (χ1v) is 13.7. The van der Waals surface area contributed by atoms with Gasteiger partial charge in [0.2, 0.25) is 0 Å². The molecule has 3 aromatic heterocycles. The molecule has 37 heavy (non-hydrogen) atoms.